The average Bonchev–Trinajstić information content (AvgIpc) is 2.85. The van der Waals surface area contributed by atoms with Crippen LogP contribution in [0.5, 0.6) is 5.75 Å². The second-order valence-electron chi connectivity index (χ2n) is 4.47. The van der Waals surface area contributed by atoms with Crippen LogP contribution in [0.2, 0.25) is 0 Å². The lowest BCUT2D eigenvalue weighted by atomic mass is 10.0. The van der Waals surface area contributed by atoms with Gasteiger partial charge >= 0.3 is 0 Å². The number of rotatable bonds is 2. The van der Waals surface area contributed by atoms with Crippen LogP contribution in [-0.2, 0) is 6.42 Å². The van der Waals surface area contributed by atoms with E-state index in [-0.39, 0.29) is 5.92 Å². The van der Waals surface area contributed by atoms with E-state index in [9.17, 15) is 0 Å². The number of halogens is 1. The molecule has 5 heteroatoms. The highest BCUT2D eigenvalue weighted by Crippen LogP contribution is 2.36. The standard InChI is InChI=1S/C14H13BrN2OS/c1-2-10-12(15)14(19)17-13(16-10)9-7-18-11-6-4-3-5-8(9)11/h3-6,9H,2,7H2,1H3,(H,16,17,19). The Labute approximate surface area is 125 Å². The van der Waals surface area contributed by atoms with Crippen molar-refractivity contribution in [3.63, 3.8) is 0 Å². The van der Waals surface area contributed by atoms with E-state index >= 15 is 0 Å². The van der Waals surface area contributed by atoms with E-state index in [0.29, 0.717) is 11.2 Å². The molecule has 0 spiro atoms. The number of para-hydroxylation sites is 1. The average molecular weight is 337 g/mol. The molecule has 0 saturated heterocycles. The summed E-state index contributed by atoms with van der Waals surface area (Å²) < 4.78 is 7.20. The molecule has 1 aliphatic heterocycles. The zero-order valence-corrected chi connectivity index (χ0v) is 12.8. The smallest absolute Gasteiger partial charge is 0.144 e. The highest BCUT2D eigenvalue weighted by atomic mass is 79.9. The van der Waals surface area contributed by atoms with Gasteiger partial charge in [-0.25, -0.2) is 4.98 Å². The lowest BCUT2D eigenvalue weighted by Gasteiger charge is -2.11. The van der Waals surface area contributed by atoms with Crippen LogP contribution in [0.3, 0.4) is 0 Å². The number of H-pyrrole nitrogens is 1. The molecule has 1 atom stereocenters. The Balaban J connectivity index is 2.10. The summed E-state index contributed by atoms with van der Waals surface area (Å²) in [5, 5.41) is 0. The monoisotopic (exact) mass is 336 g/mol. The third-order valence-corrected chi connectivity index (χ3v) is 4.75. The first-order chi connectivity index (χ1) is 9.20. The number of benzene rings is 1. The van der Waals surface area contributed by atoms with Gasteiger partial charge in [0.25, 0.3) is 0 Å². The summed E-state index contributed by atoms with van der Waals surface area (Å²) in [5.41, 5.74) is 2.25. The number of aromatic amines is 1. The Morgan fingerprint density at radius 1 is 1.47 bits per heavy atom. The third kappa shape index (κ3) is 2.21. The summed E-state index contributed by atoms with van der Waals surface area (Å²) in [6, 6.07) is 8.08. The maximum Gasteiger partial charge on any atom is 0.144 e. The highest BCUT2D eigenvalue weighted by Gasteiger charge is 2.27. The zero-order chi connectivity index (χ0) is 13.4. The van der Waals surface area contributed by atoms with Gasteiger partial charge in [-0.05, 0) is 28.4 Å². The molecular formula is C14H13BrN2OS. The number of hydrogen-bond donors (Lipinski definition) is 1. The normalized spacial score (nSPS) is 17.1. The maximum atomic E-state index is 5.70. The second kappa shape index (κ2) is 5.06. The molecule has 3 nitrogen and oxygen atoms in total. The van der Waals surface area contributed by atoms with Crippen LogP contribution in [0.1, 0.15) is 29.9 Å². The van der Waals surface area contributed by atoms with E-state index < -0.39 is 0 Å². The minimum atomic E-state index is 0.135. The zero-order valence-electron chi connectivity index (χ0n) is 10.4. The van der Waals surface area contributed by atoms with E-state index in [4.69, 9.17) is 17.0 Å². The Morgan fingerprint density at radius 2 is 2.26 bits per heavy atom. The van der Waals surface area contributed by atoms with Crippen LogP contribution in [0.4, 0.5) is 0 Å². The van der Waals surface area contributed by atoms with Crippen molar-refractivity contribution in [1.82, 2.24) is 9.97 Å². The summed E-state index contributed by atoms with van der Waals surface area (Å²) in [7, 11) is 0. The summed E-state index contributed by atoms with van der Waals surface area (Å²) in [6.07, 6.45) is 0.884. The van der Waals surface area contributed by atoms with Crippen molar-refractivity contribution in [3.05, 3.63) is 50.5 Å². The molecule has 0 saturated carbocycles. The predicted molar refractivity (Wildman–Crippen MR) is 80.3 cm³/mol. The number of ether oxygens (including phenoxy) is 1. The van der Waals surface area contributed by atoms with E-state index in [1.54, 1.807) is 0 Å². The van der Waals surface area contributed by atoms with E-state index in [0.717, 1.165) is 28.2 Å². The molecule has 2 heterocycles. The molecular weight excluding hydrogens is 324 g/mol. The summed E-state index contributed by atoms with van der Waals surface area (Å²) >= 11 is 8.80. The fourth-order valence-electron chi connectivity index (χ4n) is 2.32. The Bertz CT molecular complexity index is 683. The minimum absolute atomic E-state index is 0.135. The quantitative estimate of drug-likeness (QED) is 0.842. The Kier molecular flexibility index (Phi) is 3.41. The number of aromatic nitrogens is 2. The van der Waals surface area contributed by atoms with Gasteiger partial charge in [0.05, 0.1) is 10.4 Å². The molecule has 1 aliphatic rings. The number of hydrogen-bond acceptors (Lipinski definition) is 3. The van der Waals surface area contributed by atoms with Crippen molar-refractivity contribution in [2.45, 2.75) is 19.3 Å². The molecule has 0 bridgehead atoms. The van der Waals surface area contributed by atoms with Gasteiger partial charge in [-0.3, -0.25) is 0 Å². The molecule has 1 aromatic heterocycles. The molecule has 1 N–H and O–H groups in total. The number of aryl methyl sites for hydroxylation is 1. The van der Waals surface area contributed by atoms with Gasteiger partial charge in [0, 0.05) is 11.3 Å². The van der Waals surface area contributed by atoms with Gasteiger partial charge in [-0.15, -0.1) is 0 Å². The van der Waals surface area contributed by atoms with E-state index in [2.05, 4.69) is 38.9 Å². The van der Waals surface area contributed by atoms with Gasteiger partial charge in [0.2, 0.25) is 0 Å². The first-order valence-electron chi connectivity index (χ1n) is 6.21. The second-order valence-corrected chi connectivity index (χ2v) is 5.65. The first kappa shape index (κ1) is 12.8. The minimum Gasteiger partial charge on any atom is -0.492 e. The van der Waals surface area contributed by atoms with Gasteiger partial charge in [0.1, 0.15) is 22.8 Å². The van der Waals surface area contributed by atoms with Crippen LogP contribution >= 0.6 is 28.1 Å². The summed E-state index contributed by atoms with van der Waals surface area (Å²) in [5.74, 6) is 1.96. The van der Waals surface area contributed by atoms with Crippen molar-refractivity contribution >= 4 is 28.1 Å². The molecule has 19 heavy (non-hydrogen) atoms. The van der Waals surface area contributed by atoms with Crippen molar-refractivity contribution in [3.8, 4) is 5.75 Å². The summed E-state index contributed by atoms with van der Waals surface area (Å²) in [6.45, 7) is 2.71. The van der Waals surface area contributed by atoms with Gasteiger partial charge in [-0.2, -0.15) is 0 Å². The summed E-state index contributed by atoms with van der Waals surface area (Å²) in [4.78, 5) is 7.88. The fraction of sp³-hybridized carbons (Fsp3) is 0.286. The van der Waals surface area contributed by atoms with Crippen molar-refractivity contribution < 1.29 is 4.74 Å². The lowest BCUT2D eigenvalue weighted by Crippen LogP contribution is -2.10. The van der Waals surface area contributed by atoms with E-state index in [1.165, 1.54) is 5.56 Å². The van der Waals surface area contributed by atoms with Crippen molar-refractivity contribution in [1.29, 1.82) is 0 Å². The van der Waals surface area contributed by atoms with Crippen molar-refractivity contribution in [2.75, 3.05) is 6.61 Å². The Hall–Kier alpha value is -1.20. The first-order valence-corrected chi connectivity index (χ1v) is 7.41. The van der Waals surface area contributed by atoms with Crippen LogP contribution in [-0.4, -0.2) is 16.6 Å². The van der Waals surface area contributed by atoms with Gasteiger partial charge in [-0.1, -0.05) is 37.3 Å². The molecule has 0 aliphatic carbocycles. The fourth-order valence-corrected chi connectivity index (χ4v) is 3.01. The largest absolute Gasteiger partial charge is 0.492 e. The Morgan fingerprint density at radius 3 is 3.05 bits per heavy atom. The number of fused-ring (bicyclic) bond motifs is 1. The SMILES string of the molecule is CCc1[nH]c(C2COc3ccccc32)nc(=S)c1Br. The topological polar surface area (TPSA) is 37.9 Å². The molecule has 98 valence electrons. The highest BCUT2D eigenvalue weighted by molar-refractivity contribution is 9.10. The molecule has 3 rings (SSSR count). The molecule has 1 aromatic carbocycles. The lowest BCUT2D eigenvalue weighted by molar-refractivity contribution is 0.339. The van der Waals surface area contributed by atoms with Crippen molar-refractivity contribution in [2.24, 2.45) is 0 Å². The van der Waals surface area contributed by atoms with Gasteiger partial charge in [0.15, 0.2) is 0 Å². The molecule has 0 fully saturated rings. The van der Waals surface area contributed by atoms with Gasteiger partial charge < -0.3 is 9.72 Å². The molecule has 2 aromatic rings. The molecule has 1 unspecified atom stereocenters. The number of nitrogens with zero attached hydrogens (tertiary/aromatic N) is 1. The van der Waals surface area contributed by atoms with E-state index in [1.807, 2.05) is 18.2 Å². The van der Waals surface area contributed by atoms with Crippen LogP contribution in [0.15, 0.2) is 28.7 Å². The van der Waals surface area contributed by atoms with Crippen LogP contribution in [0, 0.1) is 4.64 Å². The predicted octanol–water partition coefficient (Wildman–Crippen LogP) is 3.99. The third-order valence-electron chi connectivity index (χ3n) is 3.34. The van der Waals surface area contributed by atoms with Crippen LogP contribution < -0.4 is 4.74 Å². The van der Waals surface area contributed by atoms with Crippen LogP contribution in [0.25, 0.3) is 0 Å². The molecule has 0 amide bonds. The maximum absolute atomic E-state index is 5.70. The molecule has 0 radical (unpaired) electrons. The number of nitrogens with one attached hydrogen (secondary N) is 1.